The predicted molar refractivity (Wildman–Crippen MR) is 204 cm³/mol. The van der Waals surface area contributed by atoms with Crippen LogP contribution in [-0.2, 0) is 0 Å². The Hall–Kier alpha value is -2.62. The maximum atomic E-state index is 6.52. The van der Waals surface area contributed by atoms with Crippen molar-refractivity contribution in [2.75, 3.05) is 0 Å². The normalized spacial score (nSPS) is 17.4. The fourth-order valence-corrected chi connectivity index (χ4v) is 6.53. The Labute approximate surface area is 284 Å². The summed E-state index contributed by atoms with van der Waals surface area (Å²) in [4.78, 5) is 10.5. The predicted octanol–water partition coefficient (Wildman–Crippen LogP) is 12.6. The van der Waals surface area contributed by atoms with E-state index in [-0.39, 0.29) is 38.1 Å². The molecule has 4 nitrogen and oxygen atoms in total. The second-order valence-electron chi connectivity index (χ2n) is 14.9. The summed E-state index contributed by atoms with van der Waals surface area (Å²) < 4.78 is 13.0. The lowest BCUT2D eigenvalue weighted by atomic mass is 9.89. The third kappa shape index (κ3) is 11.6. The molecule has 2 atom stereocenters. The Bertz CT molecular complexity index is 1170. The molecule has 0 spiro atoms. The molecule has 2 aromatic rings. The van der Waals surface area contributed by atoms with Crippen molar-refractivity contribution < 1.29 is 9.47 Å². The minimum absolute atomic E-state index is 0. The van der Waals surface area contributed by atoms with E-state index in [1.165, 1.54) is 35.1 Å². The summed E-state index contributed by atoms with van der Waals surface area (Å²) >= 11 is 0. The van der Waals surface area contributed by atoms with Crippen molar-refractivity contribution in [2.24, 2.45) is 9.98 Å². The molecule has 0 saturated heterocycles. The van der Waals surface area contributed by atoms with Crippen LogP contribution in [0.5, 0.6) is 11.5 Å². The first kappa shape index (κ1) is 41.4. The standard InChI is InChI=1S/C40H62N2O2.2CH4/c1-13-29(14-2)31-21-27(5)37(43-39(7,8)9)33(23-31)25-41-35-19-17-18-20-36(35)42-26-34-24-32(30(15-3)16-4)22-28(6)38(34)44-40(10,11)12;;/h21-26,29-30,35-36H,13-20H2,1-12H3;2*1H4. The highest BCUT2D eigenvalue weighted by atomic mass is 16.5. The minimum atomic E-state index is -0.282. The average Bonchev–Trinajstić information content (AvgIpc) is 2.94. The molecule has 0 bridgehead atoms. The van der Waals surface area contributed by atoms with Crippen LogP contribution in [0.4, 0.5) is 0 Å². The van der Waals surface area contributed by atoms with E-state index in [1.54, 1.807) is 0 Å². The van der Waals surface area contributed by atoms with Crippen molar-refractivity contribution in [1.29, 1.82) is 0 Å². The van der Waals surface area contributed by atoms with Crippen LogP contribution in [-0.4, -0.2) is 35.7 Å². The van der Waals surface area contributed by atoms with Crippen LogP contribution >= 0.6 is 0 Å². The zero-order chi connectivity index (χ0) is 32.7. The number of nitrogens with zero attached hydrogens (tertiary/aromatic N) is 2. The lowest BCUT2D eigenvalue weighted by molar-refractivity contribution is 0.129. The van der Waals surface area contributed by atoms with Crippen molar-refractivity contribution in [3.63, 3.8) is 0 Å². The molecule has 4 heteroatoms. The highest BCUT2D eigenvalue weighted by Gasteiger charge is 2.25. The monoisotopic (exact) mass is 635 g/mol. The van der Waals surface area contributed by atoms with E-state index in [2.05, 4.69) is 120 Å². The SMILES string of the molecule is C.C.CCC(CC)c1cc(C)c(OC(C)(C)C)c(C=NC2CCCCC2N=Cc2cc(C(CC)CC)cc(C)c2OC(C)(C)C)c1. The van der Waals surface area contributed by atoms with Gasteiger partial charge in [-0.3, -0.25) is 9.98 Å². The molecule has 1 aliphatic carbocycles. The molecule has 0 radical (unpaired) electrons. The van der Waals surface area contributed by atoms with Gasteiger partial charge in [0.25, 0.3) is 0 Å². The van der Waals surface area contributed by atoms with E-state index in [1.807, 2.05) is 0 Å². The van der Waals surface area contributed by atoms with Crippen LogP contribution in [0.25, 0.3) is 0 Å². The maximum absolute atomic E-state index is 6.52. The Morgan fingerprint density at radius 3 is 1.24 bits per heavy atom. The number of aryl methyl sites for hydroxylation is 2. The lowest BCUT2D eigenvalue weighted by Gasteiger charge is -2.28. The molecule has 46 heavy (non-hydrogen) atoms. The zero-order valence-corrected chi connectivity index (χ0v) is 30.1. The molecule has 3 rings (SSSR count). The molecule has 1 saturated carbocycles. The summed E-state index contributed by atoms with van der Waals surface area (Å²) in [6.45, 7) is 26.2. The van der Waals surface area contributed by atoms with Crippen LogP contribution in [0.1, 0.15) is 181 Å². The van der Waals surface area contributed by atoms with Crippen LogP contribution in [0.3, 0.4) is 0 Å². The molecule has 0 heterocycles. The molecule has 0 aliphatic heterocycles. The minimum Gasteiger partial charge on any atom is -0.487 e. The van der Waals surface area contributed by atoms with Gasteiger partial charge in [-0.05, 0) is 140 Å². The number of rotatable bonds is 12. The van der Waals surface area contributed by atoms with Gasteiger partial charge in [-0.25, -0.2) is 0 Å². The number of aliphatic imine (C=N–C) groups is 2. The van der Waals surface area contributed by atoms with Gasteiger partial charge in [0, 0.05) is 23.6 Å². The van der Waals surface area contributed by atoms with Crippen molar-refractivity contribution in [2.45, 2.75) is 184 Å². The highest BCUT2D eigenvalue weighted by Crippen LogP contribution is 2.35. The molecular weight excluding hydrogens is 564 g/mol. The largest absolute Gasteiger partial charge is 0.487 e. The molecule has 0 aromatic heterocycles. The molecule has 0 amide bonds. The topological polar surface area (TPSA) is 43.2 Å². The van der Waals surface area contributed by atoms with E-state index in [9.17, 15) is 0 Å². The fraction of sp³-hybridized carbons (Fsp3) is 0.667. The second-order valence-corrected chi connectivity index (χ2v) is 14.9. The van der Waals surface area contributed by atoms with E-state index in [0.29, 0.717) is 11.8 Å². The smallest absolute Gasteiger partial charge is 0.131 e. The number of hydrogen-bond donors (Lipinski definition) is 0. The summed E-state index contributed by atoms with van der Waals surface area (Å²) in [5.41, 5.74) is 6.74. The van der Waals surface area contributed by atoms with Gasteiger partial charge in [0.1, 0.15) is 22.7 Å². The molecule has 1 fully saturated rings. The van der Waals surface area contributed by atoms with Gasteiger partial charge in [-0.1, -0.05) is 67.5 Å². The van der Waals surface area contributed by atoms with Crippen molar-refractivity contribution in [3.8, 4) is 11.5 Å². The first-order valence-electron chi connectivity index (χ1n) is 17.4. The Morgan fingerprint density at radius 2 is 0.957 bits per heavy atom. The first-order chi connectivity index (χ1) is 20.7. The lowest BCUT2D eigenvalue weighted by Crippen LogP contribution is -2.28. The van der Waals surface area contributed by atoms with Crippen molar-refractivity contribution in [3.05, 3.63) is 57.6 Å². The molecule has 260 valence electrons. The van der Waals surface area contributed by atoms with Gasteiger partial charge in [-0.15, -0.1) is 0 Å². The van der Waals surface area contributed by atoms with Gasteiger partial charge in [0.05, 0.1) is 12.1 Å². The first-order valence-corrected chi connectivity index (χ1v) is 17.4. The molecule has 1 aliphatic rings. The Balaban J connectivity index is 0.00000529. The quantitative estimate of drug-likeness (QED) is 0.218. The van der Waals surface area contributed by atoms with E-state index in [4.69, 9.17) is 19.5 Å². The molecule has 2 unspecified atom stereocenters. The summed E-state index contributed by atoms with van der Waals surface area (Å²) in [6.07, 6.45) is 13.2. The maximum Gasteiger partial charge on any atom is 0.131 e. The Kier molecular flexibility index (Phi) is 16.3. The fourth-order valence-electron chi connectivity index (χ4n) is 6.53. The molecular formula is C42H70N2O2. The van der Waals surface area contributed by atoms with Gasteiger partial charge < -0.3 is 9.47 Å². The zero-order valence-electron chi connectivity index (χ0n) is 30.1. The van der Waals surface area contributed by atoms with Gasteiger partial charge >= 0.3 is 0 Å². The number of benzene rings is 2. The Morgan fingerprint density at radius 1 is 0.630 bits per heavy atom. The summed E-state index contributed by atoms with van der Waals surface area (Å²) in [5, 5.41) is 0. The molecule has 0 N–H and O–H groups in total. The van der Waals surface area contributed by atoms with Gasteiger partial charge in [0.2, 0.25) is 0 Å². The number of ether oxygens (including phenoxy) is 2. The number of hydrogen-bond acceptors (Lipinski definition) is 4. The third-order valence-corrected chi connectivity index (χ3v) is 8.89. The summed E-state index contributed by atoms with van der Waals surface area (Å²) in [7, 11) is 0. The van der Waals surface area contributed by atoms with Crippen LogP contribution in [0.15, 0.2) is 34.3 Å². The third-order valence-electron chi connectivity index (χ3n) is 8.89. The van der Waals surface area contributed by atoms with Crippen molar-refractivity contribution in [1.82, 2.24) is 0 Å². The van der Waals surface area contributed by atoms with E-state index < -0.39 is 0 Å². The average molecular weight is 635 g/mol. The summed E-state index contributed by atoms with van der Waals surface area (Å²) in [6, 6.07) is 9.57. The van der Waals surface area contributed by atoms with Gasteiger partial charge in [-0.2, -0.15) is 0 Å². The highest BCUT2D eigenvalue weighted by molar-refractivity contribution is 5.86. The van der Waals surface area contributed by atoms with E-state index in [0.717, 1.165) is 61.2 Å². The van der Waals surface area contributed by atoms with Crippen LogP contribution in [0, 0.1) is 13.8 Å². The van der Waals surface area contributed by atoms with Crippen molar-refractivity contribution >= 4 is 12.4 Å². The van der Waals surface area contributed by atoms with E-state index >= 15 is 0 Å². The summed E-state index contributed by atoms with van der Waals surface area (Å²) in [5.74, 6) is 2.98. The van der Waals surface area contributed by atoms with Crippen LogP contribution in [0.2, 0.25) is 0 Å². The second kappa shape index (κ2) is 18.1. The van der Waals surface area contributed by atoms with Gasteiger partial charge in [0.15, 0.2) is 0 Å². The van der Waals surface area contributed by atoms with Crippen LogP contribution < -0.4 is 9.47 Å². The molecule has 2 aromatic carbocycles.